The van der Waals surface area contributed by atoms with Crippen LogP contribution in [0, 0.1) is 11.8 Å². The summed E-state index contributed by atoms with van der Waals surface area (Å²) in [5.74, 6) is 1.04. The number of allylic oxidation sites excluding steroid dienone is 1. The van der Waals surface area contributed by atoms with E-state index in [-0.39, 0.29) is 0 Å². The molecule has 0 saturated heterocycles. The Bertz CT molecular complexity index is 614. The van der Waals surface area contributed by atoms with Crippen LogP contribution in [0.3, 0.4) is 0 Å². The lowest BCUT2D eigenvalue weighted by molar-refractivity contribution is 0.455. The van der Waals surface area contributed by atoms with E-state index in [9.17, 15) is 0 Å². The molecule has 1 aliphatic carbocycles. The van der Waals surface area contributed by atoms with E-state index in [1.165, 1.54) is 0 Å². The molecule has 0 saturated carbocycles. The van der Waals surface area contributed by atoms with Crippen LogP contribution in [0.15, 0.2) is 41.5 Å². The van der Waals surface area contributed by atoms with Gasteiger partial charge in [0.05, 0.1) is 22.4 Å². The monoisotopic (exact) mass is 235 g/mol. The van der Waals surface area contributed by atoms with Gasteiger partial charge in [0.2, 0.25) is 0 Å². The van der Waals surface area contributed by atoms with Crippen molar-refractivity contribution in [3.8, 4) is 0 Å². The average molecular weight is 235 g/mol. The Balaban J connectivity index is 1.85. The molecule has 18 heavy (non-hydrogen) atoms. The second kappa shape index (κ2) is 3.73. The predicted molar refractivity (Wildman–Crippen MR) is 71.6 cm³/mol. The van der Waals surface area contributed by atoms with Crippen molar-refractivity contribution in [3.63, 3.8) is 0 Å². The van der Waals surface area contributed by atoms with E-state index >= 15 is 0 Å². The lowest BCUT2D eigenvalue weighted by atomic mass is 9.79. The second-order valence-corrected chi connectivity index (χ2v) is 4.98. The summed E-state index contributed by atoms with van der Waals surface area (Å²) in [5, 5.41) is 0. The first kappa shape index (κ1) is 9.95. The molecule has 0 fully saturated rings. The van der Waals surface area contributed by atoms with Crippen molar-refractivity contribution in [2.75, 3.05) is 0 Å². The average Bonchev–Trinajstić information content (AvgIpc) is 2.42. The highest BCUT2D eigenvalue weighted by atomic mass is 14.8. The number of fused-ring (bicyclic) bond motifs is 3. The number of aliphatic imine (C=N–C) groups is 1. The second-order valence-electron chi connectivity index (χ2n) is 4.98. The Morgan fingerprint density at radius 2 is 1.56 bits per heavy atom. The lowest BCUT2D eigenvalue weighted by Crippen LogP contribution is -2.28. The van der Waals surface area contributed by atoms with Crippen LogP contribution in [0.1, 0.15) is 11.4 Å². The quantitative estimate of drug-likeness (QED) is 0.703. The van der Waals surface area contributed by atoms with Crippen LogP contribution in [0.2, 0.25) is 0 Å². The fourth-order valence-corrected chi connectivity index (χ4v) is 2.84. The van der Waals surface area contributed by atoms with Gasteiger partial charge in [-0.2, -0.15) is 0 Å². The summed E-state index contributed by atoms with van der Waals surface area (Å²) in [7, 11) is 0. The van der Waals surface area contributed by atoms with E-state index in [2.05, 4.69) is 17.3 Å². The minimum atomic E-state index is 0.498. The molecule has 88 valence electrons. The molecular formula is C15H13N3. The SMILES string of the molecule is C1=CC2Cc3nc4ccccc4nc3CC2C=N1. The molecular weight excluding hydrogens is 222 g/mol. The topological polar surface area (TPSA) is 38.1 Å². The Morgan fingerprint density at radius 3 is 2.28 bits per heavy atom. The summed E-state index contributed by atoms with van der Waals surface area (Å²) in [5.41, 5.74) is 4.31. The van der Waals surface area contributed by atoms with Gasteiger partial charge in [-0.25, -0.2) is 9.97 Å². The molecule has 2 heterocycles. The molecule has 0 amide bonds. The Labute approximate surface area is 105 Å². The number of rotatable bonds is 0. The zero-order valence-electron chi connectivity index (χ0n) is 9.95. The van der Waals surface area contributed by atoms with Gasteiger partial charge in [0.15, 0.2) is 0 Å². The van der Waals surface area contributed by atoms with Gasteiger partial charge in [-0.1, -0.05) is 18.2 Å². The number of aromatic nitrogens is 2. The fourth-order valence-electron chi connectivity index (χ4n) is 2.84. The summed E-state index contributed by atoms with van der Waals surface area (Å²) in [6.45, 7) is 0. The zero-order chi connectivity index (χ0) is 11.9. The first-order valence-corrected chi connectivity index (χ1v) is 6.35. The Morgan fingerprint density at radius 1 is 0.889 bits per heavy atom. The van der Waals surface area contributed by atoms with Gasteiger partial charge >= 0.3 is 0 Å². The van der Waals surface area contributed by atoms with E-state index in [1.54, 1.807) is 0 Å². The molecule has 2 atom stereocenters. The Hall–Kier alpha value is -2.03. The van der Waals surface area contributed by atoms with Crippen LogP contribution < -0.4 is 0 Å². The molecule has 2 unspecified atom stereocenters. The highest BCUT2D eigenvalue weighted by Crippen LogP contribution is 2.31. The van der Waals surface area contributed by atoms with Crippen LogP contribution in [-0.2, 0) is 12.8 Å². The fraction of sp³-hybridized carbons (Fsp3) is 0.267. The summed E-state index contributed by atoms with van der Waals surface area (Å²) >= 11 is 0. The molecule has 4 rings (SSSR count). The molecule has 3 nitrogen and oxygen atoms in total. The molecule has 2 aromatic rings. The van der Waals surface area contributed by atoms with E-state index in [0.717, 1.165) is 35.3 Å². The van der Waals surface area contributed by atoms with Crippen molar-refractivity contribution < 1.29 is 0 Å². The van der Waals surface area contributed by atoms with E-state index < -0.39 is 0 Å². The van der Waals surface area contributed by atoms with Crippen LogP contribution in [0.25, 0.3) is 11.0 Å². The van der Waals surface area contributed by atoms with Gasteiger partial charge in [0.1, 0.15) is 0 Å². The third kappa shape index (κ3) is 1.47. The minimum absolute atomic E-state index is 0.498. The molecule has 1 aromatic heterocycles. The van der Waals surface area contributed by atoms with E-state index in [0.29, 0.717) is 11.8 Å². The summed E-state index contributed by atoms with van der Waals surface area (Å²) in [6, 6.07) is 8.10. The molecule has 3 heteroatoms. The normalized spacial score (nSPS) is 24.9. The van der Waals surface area contributed by atoms with E-state index in [1.807, 2.05) is 30.5 Å². The van der Waals surface area contributed by atoms with Crippen LogP contribution in [0.5, 0.6) is 0 Å². The number of hydrogen-bond acceptors (Lipinski definition) is 3. The highest BCUT2D eigenvalue weighted by Gasteiger charge is 2.28. The van der Waals surface area contributed by atoms with E-state index in [4.69, 9.17) is 9.97 Å². The molecule has 0 spiro atoms. The number of para-hydroxylation sites is 2. The summed E-state index contributed by atoms with van der Waals surface area (Å²) in [4.78, 5) is 13.8. The van der Waals surface area contributed by atoms with Gasteiger partial charge in [-0.05, 0) is 30.9 Å². The van der Waals surface area contributed by atoms with Crippen molar-refractivity contribution in [2.45, 2.75) is 12.8 Å². The number of benzene rings is 1. The van der Waals surface area contributed by atoms with Crippen molar-refractivity contribution >= 4 is 17.2 Å². The maximum atomic E-state index is 4.77. The first-order valence-electron chi connectivity index (χ1n) is 6.35. The van der Waals surface area contributed by atoms with Crippen molar-refractivity contribution in [1.82, 2.24) is 9.97 Å². The highest BCUT2D eigenvalue weighted by molar-refractivity contribution is 5.74. The standard InChI is InChI=1S/C15H13N3/c1-2-4-13-12(3-1)17-14-7-10-5-6-16-9-11(10)8-15(14)18-13/h1-6,9-11H,7-8H2. The molecule has 1 aromatic carbocycles. The van der Waals surface area contributed by atoms with Crippen molar-refractivity contribution in [2.24, 2.45) is 16.8 Å². The molecule has 0 bridgehead atoms. The van der Waals surface area contributed by atoms with Gasteiger partial charge in [0, 0.05) is 18.3 Å². The lowest BCUT2D eigenvalue weighted by Gasteiger charge is -2.28. The molecule has 0 N–H and O–H groups in total. The smallest absolute Gasteiger partial charge is 0.0890 e. The van der Waals surface area contributed by atoms with Crippen LogP contribution >= 0.6 is 0 Å². The van der Waals surface area contributed by atoms with Crippen LogP contribution in [-0.4, -0.2) is 16.2 Å². The van der Waals surface area contributed by atoms with Gasteiger partial charge in [0.25, 0.3) is 0 Å². The maximum Gasteiger partial charge on any atom is 0.0890 e. The Kier molecular flexibility index (Phi) is 2.06. The summed E-state index contributed by atoms with van der Waals surface area (Å²) < 4.78 is 0. The molecule has 0 radical (unpaired) electrons. The van der Waals surface area contributed by atoms with Gasteiger partial charge < -0.3 is 0 Å². The molecule has 2 aliphatic rings. The van der Waals surface area contributed by atoms with Crippen molar-refractivity contribution in [1.29, 1.82) is 0 Å². The zero-order valence-corrected chi connectivity index (χ0v) is 9.95. The van der Waals surface area contributed by atoms with Gasteiger partial charge in [-0.3, -0.25) is 4.99 Å². The van der Waals surface area contributed by atoms with Crippen LogP contribution in [0.4, 0.5) is 0 Å². The van der Waals surface area contributed by atoms with Crippen molar-refractivity contribution in [3.05, 3.63) is 47.9 Å². The molecule has 1 aliphatic heterocycles. The summed E-state index contributed by atoms with van der Waals surface area (Å²) in [6.07, 6.45) is 8.11. The first-order chi connectivity index (χ1) is 8.90. The largest absolute Gasteiger partial charge is 0.269 e. The number of nitrogens with zero attached hydrogens (tertiary/aromatic N) is 3. The minimum Gasteiger partial charge on any atom is -0.269 e. The third-order valence-corrected chi connectivity index (χ3v) is 3.83. The maximum absolute atomic E-state index is 4.77. The third-order valence-electron chi connectivity index (χ3n) is 3.83. The van der Waals surface area contributed by atoms with Gasteiger partial charge in [-0.15, -0.1) is 0 Å². The predicted octanol–water partition coefficient (Wildman–Crippen LogP) is 2.56. The number of hydrogen-bond donors (Lipinski definition) is 0.